The van der Waals surface area contributed by atoms with Crippen molar-refractivity contribution in [3.63, 3.8) is 0 Å². The van der Waals surface area contributed by atoms with Crippen molar-refractivity contribution >= 4 is 39.3 Å². The molecule has 0 aliphatic rings. The summed E-state index contributed by atoms with van der Waals surface area (Å²) >= 11 is 1.36. The quantitative estimate of drug-likeness (QED) is 0.152. The number of nitrogens with one attached hydrogen (secondary N) is 2. The highest BCUT2D eigenvalue weighted by atomic mass is 32.2. The number of aryl methyl sites for hydroxylation is 2. The molecule has 10 heteroatoms. The fraction of sp³-hybridized carbons (Fsp3) is 0.138. The zero-order valence-corrected chi connectivity index (χ0v) is 23.2. The van der Waals surface area contributed by atoms with Crippen LogP contribution in [0.5, 0.6) is 11.5 Å². The molecule has 0 saturated heterocycles. The molecule has 0 aromatic heterocycles. The summed E-state index contributed by atoms with van der Waals surface area (Å²) in [7, 11) is -2.55. The van der Waals surface area contributed by atoms with Gasteiger partial charge in [0, 0.05) is 10.5 Å². The van der Waals surface area contributed by atoms with Crippen molar-refractivity contribution in [2.24, 2.45) is 0 Å². The first-order valence-electron chi connectivity index (χ1n) is 11.9. The zero-order valence-electron chi connectivity index (χ0n) is 21.6. The minimum Gasteiger partial charge on any atom is -0.465 e. The van der Waals surface area contributed by atoms with Crippen LogP contribution >= 0.6 is 11.9 Å². The molecule has 0 atom stereocenters. The molecule has 0 aliphatic carbocycles. The van der Waals surface area contributed by atoms with E-state index >= 15 is 0 Å². The third kappa shape index (κ3) is 7.11. The minimum atomic E-state index is -3.85. The Morgan fingerprint density at radius 2 is 1.44 bits per heavy atom. The number of ether oxygens (including phenoxy) is 2. The van der Waals surface area contributed by atoms with Crippen LogP contribution in [0.4, 0.5) is 11.4 Å². The maximum atomic E-state index is 12.8. The van der Waals surface area contributed by atoms with Crippen LogP contribution in [-0.4, -0.2) is 26.6 Å². The van der Waals surface area contributed by atoms with Gasteiger partial charge in [-0.15, -0.1) is 0 Å². The fourth-order valence-corrected chi connectivity index (χ4v) is 5.37. The van der Waals surface area contributed by atoms with E-state index in [4.69, 9.17) is 9.47 Å². The van der Waals surface area contributed by atoms with E-state index in [2.05, 4.69) is 9.44 Å². The second kappa shape index (κ2) is 12.2. The van der Waals surface area contributed by atoms with E-state index in [9.17, 15) is 18.3 Å². The summed E-state index contributed by atoms with van der Waals surface area (Å²) in [6.07, 6.45) is 0. The monoisotopic (exact) mass is 564 g/mol. The molecule has 0 unspecified atom stereocenters. The molecule has 4 aromatic carbocycles. The zero-order chi connectivity index (χ0) is 28.0. The van der Waals surface area contributed by atoms with Crippen LogP contribution in [0, 0.1) is 13.8 Å². The van der Waals surface area contributed by atoms with Crippen LogP contribution in [0.25, 0.3) is 0 Å². The fourth-order valence-electron chi connectivity index (χ4n) is 3.60. The lowest BCUT2D eigenvalue weighted by molar-refractivity contribution is 0.0601. The van der Waals surface area contributed by atoms with Gasteiger partial charge in [0.05, 0.1) is 35.6 Å². The summed E-state index contributed by atoms with van der Waals surface area (Å²) in [6.45, 7) is 3.46. The molecule has 202 valence electrons. The first-order chi connectivity index (χ1) is 18.7. The van der Waals surface area contributed by atoms with Crippen molar-refractivity contribution in [2.75, 3.05) is 16.6 Å². The maximum absolute atomic E-state index is 12.8. The van der Waals surface area contributed by atoms with Gasteiger partial charge in [-0.3, -0.25) is 4.72 Å². The van der Waals surface area contributed by atoms with Crippen LogP contribution in [0.3, 0.4) is 0 Å². The van der Waals surface area contributed by atoms with Gasteiger partial charge in [-0.2, -0.15) is 0 Å². The number of sulfonamides is 1. The molecule has 8 nitrogen and oxygen atoms in total. The molecule has 0 bridgehead atoms. The molecule has 0 heterocycles. The molecule has 0 saturated carbocycles. The molecule has 4 aromatic rings. The van der Waals surface area contributed by atoms with Gasteiger partial charge < -0.3 is 19.3 Å². The van der Waals surface area contributed by atoms with Gasteiger partial charge >= 0.3 is 5.97 Å². The number of carbonyl (C=O) groups excluding carboxylic acids is 1. The Morgan fingerprint density at radius 3 is 2.05 bits per heavy atom. The average Bonchev–Trinajstić information content (AvgIpc) is 2.93. The number of hydrogen-bond acceptors (Lipinski definition) is 8. The highest BCUT2D eigenvalue weighted by Crippen LogP contribution is 2.32. The summed E-state index contributed by atoms with van der Waals surface area (Å²) in [5, 5.41) is 9.90. The average molecular weight is 565 g/mol. The van der Waals surface area contributed by atoms with Crippen molar-refractivity contribution in [2.45, 2.75) is 30.2 Å². The summed E-state index contributed by atoms with van der Waals surface area (Å²) in [4.78, 5) is 13.6. The van der Waals surface area contributed by atoms with Crippen molar-refractivity contribution in [1.82, 2.24) is 0 Å². The molecular formula is C29H28N2O6S2. The molecular weight excluding hydrogens is 536 g/mol. The van der Waals surface area contributed by atoms with Gasteiger partial charge in [-0.25, -0.2) is 13.2 Å². The number of hydrogen-bond donors (Lipinski definition) is 3. The van der Waals surface area contributed by atoms with Gasteiger partial charge in [-0.1, -0.05) is 35.4 Å². The molecule has 3 N–H and O–H groups in total. The smallest absolute Gasteiger partial charge is 0.340 e. The number of benzene rings is 4. The van der Waals surface area contributed by atoms with Crippen LogP contribution < -0.4 is 14.2 Å². The summed E-state index contributed by atoms with van der Waals surface area (Å²) in [5.74, 6) is 0.172. The lowest BCUT2D eigenvalue weighted by atomic mass is 10.1. The SMILES string of the molecule is COC(=O)c1cc(Oc2ccc(NS(=O)(=O)c3ccc(C)cc3)c(CO)c2)ccc1NSc1ccc(C)cc1. The number of esters is 1. The van der Waals surface area contributed by atoms with E-state index in [0.717, 1.165) is 16.0 Å². The van der Waals surface area contributed by atoms with Crippen LogP contribution in [0.2, 0.25) is 0 Å². The maximum Gasteiger partial charge on any atom is 0.340 e. The van der Waals surface area contributed by atoms with Crippen molar-refractivity contribution in [1.29, 1.82) is 0 Å². The Morgan fingerprint density at radius 1 is 0.846 bits per heavy atom. The number of carbonyl (C=O) groups is 1. The van der Waals surface area contributed by atoms with Crippen molar-refractivity contribution in [3.05, 3.63) is 107 Å². The van der Waals surface area contributed by atoms with E-state index in [1.807, 2.05) is 38.1 Å². The van der Waals surface area contributed by atoms with Gasteiger partial charge in [0.1, 0.15) is 11.5 Å². The molecule has 0 amide bonds. The molecule has 39 heavy (non-hydrogen) atoms. The highest BCUT2D eigenvalue weighted by Gasteiger charge is 2.18. The van der Waals surface area contributed by atoms with Crippen molar-refractivity contribution < 1.29 is 27.8 Å². The third-order valence-corrected chi connectivity index (χ3v) is 7.97. The van der Waals surface area contributed by atoms with Crippen LogP contribution in [0.15, 0.2) is 94.7 Å². The normalized spacial score (nSPS) is 11.1. The van der Waals surface area contributed by atoms with Gasteiger partial charge in [-0.05, 0) is 86.5 Å². The predicted molar refractivity (Wildman–Crippen MR) is 153 cm³/mol. The van der Waals surface area contributed by atoms with Gasteiger partial charge in [0.15, 0.2) is 0 Å². The molecule has 0 radical (unpaired) electrons. The predicted octanol–water partition coefficient (Wildman–Crippen LogP) is 6.29. The first-order valence-corrected chi connectivity index (χ1v) is 14.2. The lowest BCUT2D eigenvalue weighted by Gasteiger charge is -2.15. The number of aliphatic hydroxyl groups is 1. The topological polar surface area (TPSA) is 114 Å². The Bertz CT molecular complexity index is 1570. The summed E-state index contributed by atoms with van der Waals surface area (Å²) in [5.41, 5.74) is 3.47. The number of rotatable bonds is 10. The Labute approximate surface area is 232 Å². The first kappa shape index (κ1) is 28.0. The largest absolute Gasteiger partial charge is 0.465 e. The number of methoxy groups -OCH3 is 1. The second-order valence-electron chi connectivity index (χ2n) is 8.71. The van der Waals surface area contributed by atoms with Crippen LogP contribution in [0.1, 0.15) is 27.0 Å². The standard InChI is InChI=1S/C29H28N2O6S2/c1-19-4-10-24(11-5-19)38-30-28-15-9-23(17-26(28)29(33)36-3)37-22-8-14-27(21(16-22)18-32)31-39(34,35)25-12-6-20(2)7-13-25/h4-17,30-32H,18H2,1-3H3. The Kier molecular flexibility index (Phi) is 8.80. The molecule has 4 rings (SSSR count). The van der Waals surface area contributed by atoms with E-state index in [0.29, 0.717) is 22.7 Å². The summed E-state index contributed by atoms with van der Waals surface area (Å²) < 4.78 is 42.2. The van der Waals surface area contributed by atoms with Crippen molar-refractivity contribution in [3.8, 4) is 11.5 Å². The second-order valence-corrected chi connectivity index (χ2v) is 11.3. The number of aliphatic hydroxyl groups excluding tert-OH is 1. The third-order valence-electron chi connectivity index (χ3n) is 5.75. The molecule has 0 aliphatic heterocycles. The van der Waals surface area contributed by atoms with E-state index in [1.54, 1.807) is 36.4 Å². The number of anilines is 2. The lowest BCUT2D eigenvalue weighted by Crippen LogP contribution is -2.14. The van der Waals surface area contributed by atoms with E-state index in [-0.39, 0.29) is 16.1 Å². The van der Waals surface area contributed by atoms with Crippen LogP contribution in [-0.2, 0) is 21.4 Å². The molecule has 0 spiro atoms. The van der Waals surface area contributed by atoms with E-state index < -0.39 is 22.6 Å². The van der Waals surface area contributed by atoms with E-state index in [1.165, 1.54) is 43.3 Å². The van der Waals surface area contributed by atoms with Gasteiger partial charge in [0.2, 0.25) is 0 Å². The van der Waals surface area contributed by atoms with Gasteiger partial charge in [0.25, 0.3) is 10.0 Å². The Balaban J connectivity index is 1.53. The Hall–Kier alpha value is -3.99. The minimum absolute atomic E-state index is 0.113. The molecule has 0 fully saturated rings. The summed E-state index contributed by atoms with van der Waals surface area (Å²) in [6, 6.07) is 24.0. The highest BCUT2D eigenvalue weighted by molar-refractivity contribution is 8.00.